The normalized spacial score (nSPS) is 11.8. The third-order valence-electron chi connectivity index (χ3n) is 1.06. The third kappa shape index (κ3) is 1.52. The molecule has 0 aliphatic rings. The molecule has 0 spiro atoms. The zero-order valence-electron chi connectivity index (χ0n) is 5.73. The summed E-state index contributed by atoms with van der Waals surface area (Å²) in [7, 11) is -3.93. The van der Waals surface area contributed by atoms with Crippen LogP contribution in [-0.4, -0.2) is 13.5 Å². The Balaban J connectivity index is 3.36. The summed E-state index contributed by atoms with van der Waals surface area (Å²) in [4.78, 5) is 0. The van der Waals surface area contributed by atoms with Gasteiger partial charge in [0.25, 0.3) is 15.1 Å². The van der Waals surface area contributed by atoms with E-state index in [0.29, 0.717) is 5.76 Å². The molecule has 0 radical (unpaired) electrons. The molecule has 62 valence electrons. The second kappa shape index (κ2) is 2.24. The van der Waals surface area contributed by atoms with E-state index in [9.17, 15) is 8.42 Å². The number of nitrogens with two attached hydrogens (primary N) is 1. The molecule has 0 aliphatic heterocycles. The lowest BCUT2D eigenvalue weighted by Crippen LogP contribution is -2.11. The van der Waals surface area contributed by atoms with Gasteiger partial charge in [0.05, 0.1) is 0 Å². The predicted molar refractivity (Wildman–Crippen MR) is 36.5 cm³/mol. The van der Waals surface area contributed by atoms with Crippen LogP contribution in [0, 0.1) is 6.92 Å². The van der Waals surface area contributed by atoms with Gasteiger partial charge in [-0.1, -0.05) is 0 Å². The van der Waals surface area contributed by atoms with Crippen molar-refractivity contribution in [3.8, 4) is 5.75 Å². The van der Waals surface area contributed by atoms with E-state index in [4.69, 9.17) is 5.11 Å². The number of sulfonamides is 1. The molecule has 0 unspecified atom stereocenters. The van der Waals surface area contributed by atoms with Crippen LogP contribution < -0.4 is 5.14 Å². The molecular formula is C5H7NO4S. The van der Waals surface area contributed by atoms with Crippen LogP contribution in [-0.2, 0) is 10.0 Å². The fraction of sp³-hybridized carbons (Fsp3) is 0.200. The first-order valence-electron chi connectivity index (χ1n) is 2.73. The lowest BCUT2D eigenvalue weighted by Gasteiger charge is -1.90. The molecule has 0 atom stereocenters. The number of primary sulfonamides is 1. The number of hydrogen-bond donors (Lipinski definition) is 2. The average molecular weight is 177 g/mol. The molecule has 0 amide bonds. The van der Waals surface area contributed by atoms with Crippen LogP contribution in [0.3, 0.4) is 0 Å². The predicted octanol–water partition coefficient (Wildman–Crippen LogP) is -0.0590. The summed E-state index contributed by atoms with van der Waals surface area (Å²) in [5, 5.41) is 13.0. The van der Waals surface area contributed by atoms with Crippen molar-refractivity contribution in [1.82, 2.24) is 0 Å². The molecule has 0 saturated heterocycles. The summed E-state index contributed by atoms with van der Waals surface area (Å²) in [6.45, 7) is 1.51. The molecule has 11 heavy (non-hydrogen) atoms. The summed E-state index contributed by atoms with van der Waals surface area (Å²) in [6, 6.07) is 1.18. The Kier molecular flexibility index (Phi) is 1.65. The average Bonchev–Trinajstić information content (AvgIpc) is 2.08. The van der Waals surface area contributed by atoms with Crippen molar-refractivity contribution in [3.05, 3.63) is 11.8 Å². The maximum atomic E-state index is 10.6. The van der Waals surface area contributed by atoms with Gasteiger partial charge in [-0.05, 0) is 6.92 Å². The maximum Gasteiger partial charge on any atom is 0.275 e. The van der Waals surface area contributed by atoms with Gasteiger partial charge in [-0.15, -0.1) is 0 Å². The highest BCUT2D eigenvalue weighted by Gasteiger charge is 2.18. The number of aromatic hydroxyl groups is 1. The van der Waals surface area contributed by atoms with Gasteiger partial charge in [-0.2, -0.15) is 0 Å². The number of hydrogen-bond acceptors (Lipinski definition) is 4. The van der Waals surface area contributed by atoms with E-state index >= 15 is 0 Å². The van der Waals surface area contributed by atoms with Gasteiger partial charge in [0.1, 0.15) is 5.76 Å². The number of rotatable bonds is 1. The Hall–Kier alpha value is -1.01. The highest BCUT2D eigenvalue weighted by molar-refractivity contribution is 7.89. The quantitative estimate of drug-likeness (QED) is 0.628. The molecule has 3 N–H and O–H groups in total. The van der Waals surface area contributed by atoms with Crippen molar-refractivity contribution in [2.24, 2.45) is 5.14 Å². The highest BCUT2D eigenvalue weighted by atomic mass is 32.2. The lowest BCUT2D eigenvalue weighted by atomic mass is 10.5. The molecule has 0 aliphatic carbocycles. The molecule has 0 fully saturated rings. The Bertz CT molecular complexity index is 364. The largest absolute Gasteiger partial charge is 0.504 e. The molecule has 0 aromatic carbocycles. The summed E-state index contributed by atoms with van der Waals surface area (Å²) in [6.07, 6.45) is 0. The van der Waals surface area contributed by atoms with Gasteiger partial charge < -0.3 is 9.52 Å². The summed E-state index contributed by atoms with van der Waals surface area (Å²) in [5.41, 5.74) is 0. The maximum absolute atomic E-state index is 10.6. The molecule has 1 heterocycles. The topological polar surface area (TPSA) is 93.5 Å². The Morgan fingerprint density at radius 3 is 2.36 bits per heavy atom. The first-order valence-corrected chi connectivity index (χ1v) is 4.28. The molecular weight excluding hydrogens is 170 g/mol. The first-order chi connectivity index (χ1) is 4.91. The fourth-order valence-corrected chi connectivity index (χ4v) is 1.28. The standard InChI is InChI=1S/C5H7NO4S/c1-3-2-4(7)5(10-3)11(6,8)9/h2,7H,1H3,(H2,6,8,9). The fourth-order valence-electron chi connectivity index (χ4n) is 0.683. The van der Waals surface area contributed by atoms with E-state index in [1.54, 1.807) is 0 Å². The third-order valence-corrected chi connectivity index (χ3v) is 1.87. The molecule has 1 rings (SSSR count). The first kappa shape index (κ1) is 8.09. The number of aryl methyl sites for hydroxylation is 1. The van der Waals surface area contributed by atoms with E-state index in [-0.39, 0.29) is 0 Å². The zero-order chi connectivity index (χ0) is 8.65. The van der Waals surface area contributed by atoms with Gasteiger partial charge in [0.2, 0.25) is 0 Å². The van der Waals surface area contributed by atoms with Gasteiger partial charge in [0, 0.05) is 6.07 Å². The molecule has 1 aromatic heterocycles. The zero-order valence-corrected chi connectivity index (χ0v) is 6.55. The molecule has 5 nitrogen and oxygen atoms in total. The Morgan fingerprint density at radius 1 is 1.64 bits per heavy atom. The van der Waals surface area contributed by atoms with Gasteiger partial charge in [0.15, 0.2) is 5.75 Å². The Morgan fingerprint density at radius 2 is 2.18 bits per heavy atom. The van der Waals surface area contributed by atoms with E-state index in [1.165, 1.54) is 13.0 Å². The summed E-state index contributed by atoms with van der Waals surface area (Å²) < 4.78 is 25.8. The molecule has 0 saturated carbocycles. The van der Waals surface area contributed by atoms with Crippen LogP contribution in [0.2, 0.25) is 0 Å². The van der Waals surface area contributed by atoms with Crippen LogP contribution in [0.5, 0.6) is 5.75 Å². The molecule has 6 heteroatoms. The molecule has 1 aromatic rings. The highest BCUT2D eigenvalue weighted by Crippen LogP contribution is 2.24. The van der Waals surface area contributed by atoms with Crippen molar-refractivity contribution < 1.29 is 17.9 Å². The minimum atomic E-state index is -3.93. The molecule has 0 bridgehead atoms. The minimum absolute atomic E-state index is 0.298. The second-order valence-electron chi connectivity index (χ2n) is 2.07. The Labute approximate surface area is 63.5 Å². The number of furan rings is 1. The summed E-state index contributed by atoms with van der Waals surface area (Å²) in [5.74, 6) is -0.156. The van der Waals surface area contributed by atoms with Crippen LogP contribution in [0.15, 0.2) is 15.6 Å². The van der Waals surface area contributed by atoms with Crippen molar-refractivity contribution in [3.63, 3.8) is 0 Å². The van der Waals surface area contributed by atoms with Crippen molar-refractivity contribution >= 4 is 10.0 Å². The summed E-state index contributed by atoms with van der Waals surface area (Å²) >= 11 is 0. The van der Waals surface area contributed by atoms with E-state index < -0.39 is 20.9 Å². The SMILES string of the molecule is Cc1cc(O)c(S(N)(=O)=O)o1. The van der Waals surface area contributed by atoms with E-state index in [1.807, 2.05) is 0 Å². The monoisotopic (exact) mass is 177 g/mol. The van der Waals surface area contributed by atoms with E-state index in [0.717, 1.165) is 0 Å². The van der Waals surface area contributed by atoms with Crippen LogP contribution in [0.1, 0.15) is 5.76 Å². The van der Waals surface area contributed by atoms with Crippen LogP contribution in [0.25, 0.3) is 0 Å². The smallest absolute Gasteiger partial charge is 0.275 e. The van der Waals surface area contributed by atoms with Crippen molar-refractivity contribution in [2.45, 2.75) is 12.0 Å². The van der Waals surface area contributed by atoms with E-state index in [2.05, 4.69) is 9.56 Å². The van der Waals surface area contributed by atoms with Gasteiger partial charge >= 0.3 is 0 Å². The van der Waals surface area contributed by atoms with Gasteiger partial charge in [-0.25, -0.2) is 13.6 Å². The van der Waals surface area contributed by atoms with Crippen LogP contribution >= 0.6 is 0 Å². The van der Waals surface area contributed by atoms with Crippen molar-refractivity contribution in [1.29, 1.82) is 0 Å². The van der Waals surface area contributed by atoms with Crippen LogP contribution in [0.4, 0.5) is 0 Å². The van der Waals surface area contributed by atoms with Crippen molar-refractivity contribution in [2.75, 3.05) is 0 Å². The lowest BCUT2D eigenvalue weighted by molar-refractivity contribution is 0.381. The second-order valence-corrected chi connectivity index (χ2v) is 3.54. The van der Waals surface area contributed by atoms with Gasteiger partial charge in [-0.3, -0.25) is 0 Å². The minimum Gasteiger partial charge on any atom is -0.504 e.